The van der Waals surface area contributed by atoms with Gasteiger partial charge in [0.25, 0.3) is 0 Å². The van der Waals surface area contributed by atoms with Crippen molar-refractivity contribution in [3.63, 3.8) is 0 Å². The number of pyridine rings is 1. The summed E-state index contributed by atoms with van der Waals surface area (Å²) in [5.74, 6) is -0.743. The molecule has 0 radical (unpaired) electrons. The van der Waals surface area contributed by atoms with Crippen LogP contribution in [0, 0.1) is 6.92 Å². The number of carbonyl (C=O) groups excluding carboxylic acids is 1. The van der Waals surface area contributed by atoms with Crippen LogP contribution in [0.25, 0.3) is 11.3 Å². The van der Waals surface area contributed by atoms with E-state index in [0.29, 0.717) is 11.1 Å². The Labute approximate surface area is 140 Å². The van der Waals surface area contributed by atoms with E-state index in [0.717, 1.165) is 12.1 Å². The predicted molar refractivity (Wildman–Crippen MR) is 80.8 cm³/mol. The highest BCUT2D eigenvalue weighted by molar-refractivity contribution is 6.33. The van der Waals surface area contributed by atoms with Crippen molar-refractivity contribution < 1.29 is 22.7 Å². The molecule has 0 saturated carbocycles. The monoisotopic (exact) mass is 363 g/mol. The number of alkyl halides is 3. The van der Waals surface area contributed by atoms with E-state index in [2.05, 4.69) is 9.72 Å². The Bertz CT molecular complexity index is 776. The standard InChI is InChI=1S/C15H10Cl2F3NO2/c1-7-5-9(15(18,19)20)11(17)6-8(7)12-4-3-10(16)13(21-12)14(22)23-2/h3-6H,1-2H3. The van der Waals surface area contributed by atoms with Gasteiger partial charge in [-0.1, -0.05) is 23.2 Å². The van der Waals surface area contributed by atoms with Gasteiger partial charge in [-0.15, -0.1) is 0 Å². The summed E-state index contributed by atoms with van der Waals surface area (Å²) < 4.78 is 43.1. The number of esters is 1. The molecule has 2 rings (SSSR count). The summed E-state index contributed by atoms with van der Waals surface area (Å²) in [5.41, 5.74) is -0.107. The molecule has 1 heterocycles. The van der Waals surface area contributed by atoms with E-state index in [4.69, 9.17) is 23.2 Å². The molecule has 0 fully saturated rings. The second-order valence-corrected chi connectivity index (χ2v) is 5.48. The topological polar surface area (TPSA) is 39.2 Å². The maximum Gasteiger partial charge on any atom is 0.417 e. The molecule has 23 heavy (non-hydrogen) atoms. The van der Waals surface area contributed by atoms with Crippen LogP contribution in [0.2, 0.25) is 10.0 Å². The molecule has 0 amide bonds. The molecule has 0 N–H and O–H groups in total. The lowest BCUT2D eigenvalue weighted by atomic mass is 10.0. The van der Waals surface area contributed by atoms with Crippen molar-refractivity contribution in [3.8, 4) is 11.3 Å². The Hall–Kier alpha value is -1.79. The second kappa shape index (κ2) is 6.37. The number of halogens is 5. The number of hydrogen-bond donors (Lipinski definition) is 0. The summed E-state index contributed by atoms with van der Waals surface area (Å²) in [6, 6.07) is 5.00. The number of rotatable bonds is 2. The maximum absolute atomic E-state index is 12.9. The van der Waals surface area contributed by atoms with Crippen molar-refractivity contribution in [2.75, 3.05) is 7.11 Å². The fourth-order valence-electron chi connectivity index (χ4n) is 2.01. The van der Waals surface area contributed by atoms with Gasteiger partial charge in [0.2, 0.25) is 0 Å². The largest absolute Gasteiger partial charge is 0.464 e. The Morgan fingerprint density at radius 3 is 2.39 bits per heavy atom. The third-order valence-corrected chi connectivity index (χ3v) is 3.74. The number of methoxy groups -OCH3 is 1. The van der Waals surface area contributed by atoms with E-state index >= 15 is 0 Å². The number of carbonyl (C=O) groups is 1. The van der Waals surface area contributed by atoms with Crippen molar-refractivity contribution in [1.82, 2.24) is 4.98 Å². The summed E-state index contributed by atoms with van der Waals surface area (Å²) in [4.78, 5) is 15.7. The minimum atomic E-state index is -4.55. The average Bonchev–Trinajstić information content (AvgIpc) is 2.48. The van der Waals surface area contributed by atoms with E-state index in [-0.39, 0.29) is 16.4 Å². The zero-order valence-electron chi connectivity index (χ0n) is 12.0. The molecular weight excluding hydrogens is 354 g/mol. The van der Waals surface area contributed by atoms with E-state index < -0.39 is 22.7 Å². The first-order valence-corrected chi connectivity index (χ1v) is 7.03. The molecule has 0 aliphatic rings. The molecular formula is C15H10Cl2F3NO2. The highest BCUT2D eigenvalue weighted by atomic mass is 35.5. The van der Waals surface area contributed by atoms with Crippen LogP contribution in [0.4, 0.5) is 13.2 Å². The Balaban J connectivity index is 2.60. The fourth-order valence-corrected chi connectivity index (χ4v) is 2.46. The normalized spacial score (nSPS) is 11.4. The van der Waals surface area contributed by atoms with Crippen molar-refractivity contribution in [3.05, 3.63) is 51.1 Å². The number of aromatic nitrogens is 1. The van der Waals surface area contributed by atoms with Gasteiger partial charge in [0.1, 0.15) is 0 Å². The van der Waals surface area contributed by atoms with Gasteiger partial charge in [-0.3, -0.25) is 0 Å². The molecule has 0 saturated heterocycles. The molecule has 8 heteroatoms. The molecule has 0 atom stereocenters. The van der Waals surface area contributed by atoms with Gasteiger partial charge in [0.05, 0.1) is 28.4 Å². The Morgan fingerprint density at radius 1 is 1.17 bits per heavy atom. The summed E-state index contributed by atoms with van der Waals surface area (Å²) in [5, 5.41) is -0.370. The van der Waals surface area contributed by atoms with Gasteiger partial charge in [0.15, 0.2) is 5.69 Å². The van der Waals surface area contributed by atoms with E-state index in [1.807, 2.05) is 0 Å². The minimum absolute atomic E-state index is 0.0799. The number of nitrogens with zero attached hydrogens (tertiary/aromatic N) is 1. The maximum atomic E-state index is 12.9. The van der Waals surface area contributed by atoms with Gasteiger partial charge >= 0.3 is 12.1 Å². The minimum Gasteiger partial charge on any atom is -0.464 e. The molecule has 0 aliphatic carbocycles. The lowest BCUT2D eigenvalue weighted by Crippen LogP contribution is -2.08. The van der Waals surface area contributed by atoms with Crippen LogP contribution in [0.3, 0.4) is 0 Å². The number of aryl methyl sites for hydroxylation is 1. The number of hydrogen-bond acceptors (Lipinski definition) is 3. The van der Waals surface area contributed by atoms with Gasteiger partial charge in [-0.05, 0) is 36.8 Å². The zero-order chi connectivity index (χ0) is 17.4. The van der Waals surface area contributed by atoms with Crippen LogP contribution in [0.15, 0.2) is 24.3 Å². The predicted octanol–water partition coefficient (Wildman–Crippen LogP) is 5.17. The average molecular weight is 364 g/mol. The molecule has 2 aromatic rings. The van der Waals surface area contributed by atoms with Crippen LogP contribution in [0.5, 0.6) is 0 Å². The van der Waals surface area contributed by atoms with Crippen LogP contribution in [-0.2, 0) is 10.9 Å². The molecule has 0 unspecified atom stereocenters. The van der Waals surface area contributed by atoms with Crippen LogP contribution in [-0.4, -0.2) is 18.1 Å². The lowest BCUT2D eigenvalue weighted by Gasteiger charge is -2.13. The summed E-state index contributed by atoms with van der Waals surface area (Å²) in [6.45, 7) is 1.50. The van der Waals surface area contributed by atoms with Crippen molar-refractivity contribution in [2.24, 2.45) is 0 Å². The van der Waals surface area contributed by atoms with Crippen LogP contribution >= 0.6 is 23.2 Å². The Kier molecular flexibility index (Phi) is 4.87. The van der Waals surface area contributed by atoms with Gasteiger partial charge in [-0.25, -0.2) is 9.78 Å². The van der Waals surface area contributed by atoms with E-state index in [9.17, 15) is 18.0 Å². The Morgan fingerprint density at radius 2 is 1.83 bits per heavy atom. The van der Waals surface area contributed by atoms with Crippen molar-refractivity contribution in [1.29, 1.82) is 0 Å². The smallest absolute Gasteiger partial charge is 0.417 e. The lowest BCUT2D eigenvalue weighted by molar-refractivity contribution is -0.137. The SMILES string of the molecule is COC(=O)c1nc(-c2cc(Cl)c(C(F)(F)F)cc2C)ccc1Cl. The highest BCUT2D eigenvalue weighted by Gasteiger charge is 2.33. The van der Waals surface area contributed by atoms with Gasteiger partial charge < -0.3 is 4.74 Å². The van der Waals surface area contributed by atoms with E-state index in [1.165, 1.54) is 26.2 Å². The summed E-state index contributed by atoms with van der Waals surface area (Å²) in [7, 11) is 1.17. The second-order valence-electron chi connectivity index (χ2n) is 4.66. The van der Waals surface area contributed by atoms with Crippen LogP contribution in [0.1, 0.15) is 21.6 Å². The first kappa shape index (κ1) is 17.6. The summed E-state index contributed by atoms with van der Waals surface area (Å²) >= 11 is 11.6. The fraction of sp³-hybridized carbons (Fsp3) is 0.200. The zero-order valence-corrected chi connectivity index (χ0v) is 13.5. The molecule has 0 aliphatic heterocycles. The van der Waals surface area contributed by atoms with E-state index in [1.54, 1.807) is 0 Å². The van der Waals surface area contributed by atoms with Gasteiger partial charge in [-0.2, -0.15) is 13.2 Å². The molecule has 0 bridgehead atoms. The highest BCUT2D eigenvalue weighted by Crippen LogP contribution is 2.38. The first-order valence-electron chi connectivity index (χ1n) is 6.27. The number of benzene rings is 1. The quantitative estimate of drug-likeness (QED) is 0.691. The third kappa shape index (κ3) is 3.59. The molecule has 1 aromatic carbocycles. The summed E-state index contributed by atoms with van der Waals surface area (Å²) in [6.07, 6.45) is -4.55. The first-order chi connectivity index (χ1) is 10.6. The van der Waals surface area contributed by atoms with Gasteiger partial charge in [0, 0.05) is 5.56 Å². The third-order valence-electron chi connectivity index (χ3n) is 3.12. The van der Waals surface area contributed by atoms with Crippen LogP contribution < -0.4 is 0 Å². The molecule has 122 valence electrons. The van der Waals surface area contributed by atoms with Crippen molar-refractivity contribution in [2.45, 2.75) is 13.1 Å². The van der Waals surface area contributed by atoms with Crippen molar-refractivity contribution >= 4 is 29.2 Å². The molecule has 3 nitrogen and oxygen atoms in total. The number of ether oxygens (including phenoxy) is 1. The molecule has 0 spiro atoms. The molecule has 1 aromatic heterocycles.